The second-order valence-corrected chi connectivity index (χ2v) is 2.71. The molecule has 0 aromatic rings. The van der Waals surface area contributed by atoms with Crippen LogP contribution in [0.2, 0.25) is 0 Å². The molecule has 7 heteroatoms. The van der Waals surface area contributed by atoms with E-state index < -0.39 is 11.9 Å². The average Bonchev–Trinajstić information content (AvgIpc) is 2.24. The first kappa shape index (κ1) is 16.5. The van der Waals surface area contributed by atoms with E-state index in [1.54, 1.807) is 0 Å². The predicted octanol–water partition coefficient (Wildman–Crippen LogP) is -0.122. The zero-order valence-corrected chi connectivity index (χ0v) is 8.81. The Bertz CT molecular complexity index is 252. The summed E-state index contributed by atoms with van der Waals surface area (Å²) in [5, 5.41) is 15.8. The van der Waals surface area contributed by atoms with Gasteiger partial charge in [0.2, 0.25) is 5.91 Å². The smallest absolute Gasteiger partial charge is 0.327 e. The summed E-state index contributed by atoms with van der Waals surface area (Å²) in [5.74, 6) is 2.73. The van der Waals surface area contributed by atoms with Crippen molar-refractivity contribution in [3.05, 3.63) is 12.7 Å². The van der Waals surface area contributed by atoms with Gasteiger partial charge in [-0.15, -0.1) is 0 Å². The van der Waals surface area contributed by atoms with Crippen molar-refractivity contribution < 1.29 is 24.6 Å². The van der Waals surface area contributed by atoms with Crippen LogP contribution in [0.1, 0.15) is 25.7 Å². The second-order valence-electron chi connectivity index (χ2n) is 2.71. The Kier molecular flexibility index (Phi) is 11.6. The quantitative estimate of drug-likeness (QED) is 0.166. The lowest BCUT2D eigenvalue weighted by Gasteiger charge is -1.96. The van der Waals surface area contributed by atoms with E-state index in [9.17, 15) is 14.4 Å². The Morgan fingerprint density at radius 2 is 1.62 bits per heavy atom. The molecule has 0 spiro atoms. The van der Waals surface area contributed by atoms with Gasteiger partial charge in [0.1, 0.15) is 0 Å². The Labute approximate surface area is 92.9 Å². The lowest BCUT2D eigenvalue weighted by molar-refractivity contribution is -0.137. The van der Waals surface area contributed by atoms with Crippen molar-refractivity contribution in [3.8, 4) is 0 Å². The third-order valence-corrected chi connectivity index (χ3v) is 1.38. The Balaban J connectivity index is 0. The Morgan fingerprint density at radius 3 is 1.94 bits per heavy atom. The maximum absolute atomic E-state index is 10.5. The number of aliphatic carboxylic acids is 2. The second kappa shape index (κ2) is 11.2. The van der Waals surface area contributed by atoms with Gasteiger partial charge in [-0.1, -0.05) is 6.58 Å². The van der Waals surface area contributed by atoms with Gasteiger partial charge in [0.05, 0.1) is 0 Å². The molecule has 0 unspecified atom stereocenters. The topological polar surface area (TPSA) is 130 Å². The molecule has 0 aliphatic heterocycles. The zero-order chi connectivity index (χ0) is 13.0. The van der Waals surface area contributed by atoms with Crippen molar-refractivity contribution in [2.45, 2.75) is 25.7 Å². The highest BCUT2D eigenvalue weighted by Gasteiger charge is 1.99. The van der Waals surface area contributed by atoms with E-state index in [0.717, 1.165) is 6.08 Å². The first-order valence-corrected chi connectivity index (χ1v) is 4.50. The molecule has 16 heavy (non-hydrogen) atoms. The first-order valence-electron chi connectivity index (χ1n) is 4.50. The molecule has 5 N–H and O–H groups in total. The van der Waals surface area contributed by atoms with Gasteiger partial charge >= 0.3 is 11.9 Å². The van der Waals surface area contributed by atoms with Gasteiger partial charge in [0.15, 0.2) is 0 Å². The minimum Gasteiger partial charge on any atom is -0.481 e. The molecule has 1 amide bonds. The van der Waals surface area contributed by atoms with Gasteiger partial charge < -0.3 is 10.2 Å². The molecule has 0 fully saturated rings. The maximum atomic E-state index is 10.5. The monoisotopic (exact) mass is 232 g/mol. The number of carbonyl (C=O) groups excluding carboxylic acids is 1. The van der Waals surface area contributed by atoms with Crippen molar-refractivity contribution in [1.29, 1.82) is 0 Å². The van der Waals surface area contributed by atoms with Crippen LogP contribution in [0.5, 0.6) is 0 Å². The van der Waals surface area contributed by atoms with Crippen LogP contribution in [0.25, 0.3) is 0 Å². The highest BCUT2D eigenvalue weighted by atomic mass is 16.4. The van der Waals surface area contributed by atoms with Crippen LogP contribution in [-0.4, -0.2) is 28.1 Å². The van der Waals surface area contributed by atoms with Crippen LogP contribution in [0.4, 0.5) is 0 Å². The van der Waals surface area contributed by atoms with E-state index in [4.69, 9.17) is 16.1 Å². The van der Waals surface area contributed by atoms with Crippen LogP contribution in [0, 0.1) is 0 Å². The Morgan fingerprint density at radius 1 is 1.19 bits per heavy atom. The van der Waals surface area contributed by atoms with Crippen LogP contribution in [0.15, 0.2) is 12.7 Å². The summed E-state index contributed by atoms with van der Waals surface area (Å²) in [5.41, 5.74) is 1.97. The molecule has 0 aromatic carbocycles. The summed E-state index contributed by atoms with van der Waals surface area (Å²) >= 11 is 0. The highest BCUT2D eigenvalue weighted by molar-refractivity contribution is 5.78. The molecular formula is C9H16N2O5. The van der Waals surface area contributed by atoms with Gasteiger partial charge in [0.25, 0.3) is 0 Å². The standard InChI is InChI=1S/C6H12N2O3.C3H4O2/c7-8-5(9)3-1-2-4-6(10)11;1-2-3(4)5/h1-4,7H2,(H,8,9)(H,10,11);2H,1H2,(H,4,5). The van der Waals surface area contributed by atoms with E-state index in [1.165, 1.54) is 0 Å². The molecule has 0 heterocycles. The lowest BCUT2D eigenvalue weighted by atomic mass is 10.2. The molecular weight excluding hydrogens is 216 g/mol. The molecule has 0 rings (SSSR count). The van der Waals surface area contributed by atoms with Crippen molar-refractivity contribution in [1.82, 2.24) is 5.43 Å². The normalized spacial score (nSPS) is 8.31. The van der Waals surface area contributed by atoms with Gasteiger partial charge in [-0.25, -0.2) is 10.6 Å². The predicted molar refractivity (Wildman–Crippen MR) is 56.3 cm³/mol. The fourth-order valence-corrected chi connectivity index (χ4v) is 0.634. The first-order chi connectivity index (χ1) is 7.43. The molecule has 92 valence electrons. The summed E-state index contributed by atoms with van der Waals surface area (Å²) in [6, 6.07) is 0. The number of amides is 1. The number of nitrogens with one attached hydrogen (secondary N) is 1. The minimum atomic E-state index is -0.981. The van der Waals surface area contributed by atoms with Crippen molar-refractivity contribution in [3.63, 3.8) is 0 Å². The van der Waals surface area contributed by atoms with Gasteiger partial charge in [-0.2, -0.15) is 0 Å². The Hall–Kier alpha value is -1.89. The zero-order valence-electron chi connectivity index (χ0n) is 8.81. The number of hydrogen-bond donors (Lipinski definition) is 4. The van der Waals surface area contributed by atoms with Crippen molar-refractivity contribution >= 4 is 17.8 Å². The number of carbonyl (C=O) groups is 3. The number of carboxylic acids is 2. The van der Waals surface area contributed by atoms with Gasteiger partial charge in [-0.3, -0.25) is 15.0 Å². The van der Waals surface area contributed by atoms with Crippen LogP contribution in [0.3, 0.4) is 0 Å². The van der Waals surface area contributed by atoms with E-state index in [-0.39, 0.29) is 12.3 Å². The van der Waals surface area contributed by atoms with Crippen LogP contribution in [-0.2, 0) is 14.4 Å². The van der Waals surface area contributed by atoms with E-state index in [1.807, 2.05) is 5.43 Å². The van der Waals surface area contributed by atoms with Gasteiger partial charge in [-0.05, 0) is 12.8 Å². The fraction of sp³-hybridized carbons (Fsp3) is 0.444. The van der Waals surface area contributed by atoms with Crippen molar-refractivity contribution in [2.75, 3.05) is 0 Å². The fourth-order valence-electron chi connectivity index (χ4n) is 0.634. The molecule has 0 saturated carbocycles. The number of unbranched alkanes of at least 4 members (excludes halogenated alkanes) is 1. The minimum absolute atomic E-state index is 0.109. The molecule has 0 atom stereocenters. The van der Waals surface area contributed by atoms with Crippen LogP contribution >= 0.6 is 0 Å². The number of nitrogens with two attached hydrogens (primary N) is 1. The molecule has 0 radical (unpaired) electrons. The maximum Gasteiger partial charge on any atom is 0.327 e. The lowest BCUT2D eigenvalue weighted by Crippen LogP contribution is -2.29. The third-order valence-electron chi connectivity index (χ3n) is 1.38. The molecule has 0 aliphatic rings. The van der Waals surface area contributed by atoms with E-state index >= 15 is 0 Å². The van der Waals surface area contributed by atoms with E-state index in [2.05, 4.69) is 6.58 Å². The SMILES string of the molecule is C=CC(=O)O.NNC(=O)CCCCC(=O)O. The van der Waals surface area contributed by atoms with Crippen molar-refractivity contribution in [2.24, 2.45) is 5.84 Å². The molecule has 0 bridgehead atoms. The highest BCUT2D eigenvalue weighted by Crippen LogP contribution is 1.98. The molecule has 0 aromatic heterocycles. The summed E-state index contributed by atoms with van der Waals surface area (Å²) < 4.78 is 0. The summed E-state index contributed by atoms with van der Waals surface area (Å²) in [6.45, 7) is 2.96. The van der Waals surface area contributed by atoms with Crippen LogP contribution < -0.4 is 11.3 Å². The molecule has 0 saturated heterocycles. The van der Waals surface area contributed by atoms with E-state index in [0.29, 0.717) is 19.3 Å². The molecule has 0 aliphatic carbocycles. The van der Waals surface area contributed by atoms with Gasteiger partial charge in [0, 0.05) is 18.9 Å². The number of hydrogen-bond acceptors (Lipinski definition) is 4. The number of carboxylic acid groups (broad SMARTS) is 2. The summed E-state index contributed by atoms with van der Waals surface area (Å²) in [6.07, 6.45) is 2.32. The average molecular weight is 232 g/mol. The third kappa shape index (κ3) is 18.0. The number of hydrazine groups is 1. The summed E-state index contributed by atoms with van der Waals surface area (Å²) in [4.78, 5) is 29.7. The molecule has 7 nitrogen and oxygen atoms in total. The number of rotatable bonds is 6. The largest absolute Gasteiger partial charge is 0.481 e. The summed E-state index contributed by atoms with van der Waals surface area (Å²) in [7, 11) is 0.